The van der Waals surface area contributed by atoms with Crippen LogP contribution in [0.25, 0.3) is 10.9 Å². The molecule has 0 radical (unpaired) electrons. The van der Waals surface area contributed by atoms with Crippen LogP contribution in [-0.4, -0.2) is 22.2 Å². The van der Waals surface area contributed by atoms with Gasteiger partial charge in [0.1, 0.15) is 11.9 Å². The number of hydrogen-bond acceptors (Lipinski definition) is 4. The van der Waals surface area contributed by atoms with Crippen LogP contribution in [0.3, 0.4) is 0 Å². The van der Waals surface area contributed by atoms with Gasteiger partial charge in [-0.25, -0.2) is 0 Å². The quantitative estimate of drug-likeness (QED) is 0.792. The lowest BCUT2D eigenvalue weighted by Gasteiger charge is -2.16. The standard InChI is InChI=1S/C16H14N2O2/c1-20-15-10-17-9-7-13(15)16(19)12-4-2-6-14-11(12)5-3-8-18-14/h2-10,16,19H,1H3. The number of aliphatic hydroxyl groups excluding tert-OH is 1. The summed E-state index contributed by atoms with van der Waals surface area (Å²) in [7, 11) is 1.57. The highest BCUT2D eigenvalue weighted by Crippen LogP contribution is 2.32. The summed E-state index contributed by atoms with van der Waals surface area (Å²) in [6.45, 7) is 0. The SMILES string of the molecule is COc1cnccc1C(O)c1cccc2ncccc12. The first-order valence-corrected chi connectivity index (χ1v) is 6.31. The molecule has 0 amide bonds. The Hall–Kier alpha value is -2.46. The van der Waals surface area contributed by atoms with Gasteiger partial charge in [0.05, 0.1) is 18.8 Å². The molecule has 100 valence electrons. The Morgan fingerprint density at radius 3 is 2.80 bits per heavy atom. The van der Waals surface area contributed by atoms with Gasteiger partial charge in [-0.1, -0.05) is 18.2 Å². The maximum Gasteiger partial charge on any atom is 0.143 e. The third-order valence-corrected chi connectivity index (χ3v) is 3.30. The van der Waals surface area contributed by atoms with Crippen LogP contribution in [0.4, 0.5) is 0 Å². The molecule has 1 N–H and O–H groups in total. The van der Waals surface area contributed by atoms with Crippen LogP contribution < -0.4 is 4.74 Å². The lowest BCUT2D eigenvalue weighted by Crippen LogP contribution is -2.03. The maximum absolute atomic E-state index is 10.7. The van der Waals surface area contributed by atoms with Crippen LogP contribution in [0.15, 0.2) is 55.0 Å². The third kappa shape index (κ3) is 2.10. The molecule has 2 aromatic heterocycles. The molecule has 0 fully saturated rings. The van der Waals surface area contributed by atoms with Gasteiger partial charge in [0.25, 0.3) is 0 Å². The van der Waals surface area contributed by atoms with E-state index in [1.165, 1.54) is 0 Å². The minimum Gasteiger partial charge on any atom is -0.495 e. The molecule has 3 rings (SSSR count). The number of hydrogen-bond donors (Lipinski definition) is 1. The number of rotatable bonds is 3. The van der Waals surface area contributed by atoms with Crippen molar-refractivity contribution in [2.24, 2.45) is 0 Å². The van der Waals surface area contributed by atoms with Gasteiger partial charge in [-0.05, 0) is 23.8 Å². The van der Waals surface area contributed by atoms with Crippen LogP contribution in [0, 0.1) is 0 Å². The predicted octanol–water partition coefficient (Wildman–Crippen LogP) is 2.72. The summed E-state index contributed by atoms with van der Waals surface area (Å²) in [6.07, 6.45) is 4.21. The number of pyridine rings is 2. The number of ether oxygens (including phenoxy) is 1. The molecule has 2 heterocycles. The van der Waals surface area contributed by atoms with E-state index >= 15 is 0 Å². The van der Waals surface area contributed by atoms with Crippen molar-refractivity contribution in [2.75, 3.05) is 7.11 Å². The first-order chi connectivity index (χ1) is 9.81. The van der Waals surface area contributed by atoms with Crippen molar-refractivity contribution in [2.45, 2.75) is 6.10 Å². The van der Waals surface area contributed by atoms with Gasteiger partial charge in [0.15, 0.2) is 0 Å². The van der Waals surface area contributed by atoms with Gasteiger partial charge in [-0.2, -0.15) is 0 Å². The molecule has 1 aromatic carbocycles. The number of aromatic nitrogens is 2. The zero-order valence-electron chi connectivity index (χ0n) is 11.0. The van der Waals surface area contributed by atoms with E-state index in [9.17, 15) is 5.11 Å². The second kappa shape index (κ2) is 5.27. The van der Waals surface area contributed by atoms with Gasteiger partial charge >= 0.3 is 0 Å². The van der Waals surface area contributed by atoms with E-state index in [4.69, 9.17) is 4.74 Å². The van der Waals surface area contributed by atoms with Gasteiger partial charge in [-0.3, -0.25) is 9.97 Å². The van der Waals surface area contributed by atoms with Crippen LogP contribution in [0.5, 0.6) is 5.75 Å². The van der Waals surface area contributed by atoms with Gasteiger partial charge in [0.2, 0.25) is 0 Å². The van der Waals surface area contributed by atoms with Crippen LogP contribution >= 0.6 is 0 Å². The Kier molecular flexibility index (Phi) is 3.31. The van der Waals surface area contributed by atoms with E-state index < -0.39 is 6.10 Å². The summed E-state index contributed by atoms with van der Waals surface area (Å²) in [5, 5.41) is 11.6. The van der Waals surface area contributed by atoms with Crippen molar-refractivity contribution in [1.29, 1.82) is 0 Å². The minimum atomic E-state index is -0.777. The molecule has 1 unspecified atom stereocenters. The number of fused-ring (bicyclic) bond motifs is 1. The van der Waals surface area contributed by atoms with E-state index in [0.29, 0.717) is 11.3 Å². The van der Waals surface area contributed by atoms with Gasteiger partial charge in [0, 0.05) is 23.3 Å². The highest BCUT2D eigenvalue weighted by molar-refractivity contribution is 5.82. The molecule has 4 heteroatoms. The maximum atomic E-state index is 10.7. The molecule has 20 heavy (non-hydrogen) atoms. The van der Waals surface area contributed by atoms with Crippen molar-refractivity contribution in [3.05, 3.63) is 66.1 Å². The molecule has 0 aliphatic carbocycles. The van der Waals surface area contributed by atoms with Crippen molar-refractivity contribution in [3.8, 4) is 5.75 Å². The van der Waals surface area contributed by atoms with E-state index in [1.807, 2.05) is 30.3 Å². The zero-order valence-corrected chi connectivity index (χ0v) is 11.0. The lowest BCUT2D eigenvalue weighted by molar-refractivity contribution is 0.216. The number of methoxy groups -OCH3 is 1. The van der Waals surface area contributed by atoms with E-state index in [2.05, 4.69) is 9.97 Å². The van der Waals surface area contributed by atoms with Crippen molar-refractivity contribution >= 4 is 10.9 Å². The molecule has 1 atom stereocenters. The van der Waals surface area contributed by atoms with Crippen molar-refractivity contribution in [3.63, 3.8) is 0 Å². The Balaban J connectivity index is 2.15. The summed E-state index contributed by atoms with van der Waals surface area (Å²) < 4.78 is 5.26. The van der Waals surface area contributed by atoms with Gasteiger partial charge in [-0.15, -0.1) is 0 Å². The first kappa shape index (κ1) is 12.6. The summed E-state index contributed by atoms with van der Waals surface area (Å²) >= 11 is 0. The molecule has 0 bridgehead atoms. The Morgan fingerprint density at radius 1 is 1.05 bits per heavy atom. The topological polar surface area (TPSA) is 55.2 Å². The molecule has 4 nitrogen and oxygen atoms in total. The monoisotopic (exact) mass is 266 g/mol. The average molecular weight is 266 g/mol. The fourth-order valence-electron chi connectivity index (χ4n) is 2.32. The molecular formula is C16H14N2O2. The molecule has 0 spiro atoms. The molecule has 3 aromatic rings. The Morgan fingerprint density at radius 2 is 1.95 bits per heavy atom. The lowest BCUT2D eigenvalue weighted by atomic mass is 9.98. The van der Waals surface area contributed by atoms with E-state index in [-0.39, 0.29) is 0 Å². The third-order valence-electron chi connectivity index (χ3n) is 3.30. The summed E-state index contributed by atoms with van der Waals surface area (Å²) in [4.78, 5) is 8.31. The number of aliphatic hydroxyl groups is 1. The first-order valence-electron chi connectivity index (χ1n) is 6.31. The smallest absolute Gasteiger partial charge is 0.143 e. The highest BCUT2D eigenvalue weighted by Gasteiger charge is 2.17. The Labute approximate surface area is 116 Å². The fraction of sp³-hybridized carbons (Fsp3) is 0.125. The van der Waals surface area contributed by atoms with Crippen LogP contribution in [-0.2, 0) is 0 Å². The molecule has 0 aliphatic rings. The van der Waals surface area contributed by atoms with Crippen LogP contribution in [0.1, 0.15) is 17.2 Å². The number of nitrogens with zero attached hydrogens (tertiary/aromatic N) is 2. The molecule has 0 saturated heterocycles. The molecule has 0 aliphatic heterocycles. The second-order valence-electron chi connectivity index (χ2n) is 4.44. The summed E-state index contributed by atoms with van der Waals surface area (Å²) in [5.74, 6) is 0.570. The second-order valence-corrected chi connectivity index (χ2v) is 4.44. The van der Waals surface area contributed by atoms with Crippen molar-refractivity contribution in [1.82, 2.24) is 9.97 Å². The highest BCUT2D eigenvalue weighted by atomic mass is 16.5. The zero-order chi connectivity index (χ0) is 13.9. The van der Waals surface area contributed by atoms with Crippen LogP contribution in [0.2, 0.25) is 0 Å². The predicted molar refractivity (Wildman–Crippen MR) is 76.6 cm³/mol. The number of benzene rings is 1. The fourth-order valence-corrected chi connectivity index (χ4v) is 2.32. The normalized spacial score (nSPS) is 12.3. The van der Waals surface area contributed by atoms with Gasteiger partial charge < -0.3 is 9.84 Å². The largest absolute Gasteiger partial charge is 0.495 e. The molecular weight excluding hydrogens is 252 g/mol. The summed E-state index contributed by atoms with van der Waals surface area (Å²) in [5.41, 5.74) is 2.36. The van der Waals surface area contributed by atoms with Crippen molar-refractivity contribution < 1.29 is 9.84 Å². The molecule has 0 saturated carbocycles. The van der Waals surface area contributed by atoms with E-state index in [0.717, 1.165) is 16.5 Å². The summed E-state index contributed by atoms with van der Waals surface area (Å²) in [6, 6.07) is 11.3. The van der Waals surface area contributed by atoms with E-state index in [1.54, 1.807) is 31.8 Å². The minimum absolute atomic E-state index is 0.570. The average Bonchev–Trinajstić information content (AvgIpc) is 2.53. The Bertz CT molecular complexity index is 738.